The van der Waals surface area contributed by atoms with Gasteiger partial charge in [-0.25, -0.2) is 4.99 Å². The summed E-state index contributed by atoms with van der Waals surface area (Å²) in [4.78, 5) is 4.45. The maximum atomic E-state index is 10.5. The number of guanidine groups is 1. The molecule has 130 valence electrons. The second-order valence-electron chi connectivity index (χ2n) is 5.75. The predicted octanol–water partition coefficient (Wildman–Crippen LogP) is 2.94. The summed E-state index contributed by atoms with van der Waals surface area (Å²) in [7, 11) is 0. The molecule has 1 heterocycles. The standard InChI is InChI=1S/C18H24ClN3O2/c1-3-20-17(21-10-9-14-6-4-7-15(19)12-14)22-13-18(2,23)16-8-5-11-24-16/h4-8,11-12,23H,3,9-10,13H2,1-2H3,(H2,20,21,22). The number of nitrogens with one attached hydrogen (secondary N) is 2. The summed E-state index contributed by atoms with van der Waals surface area (Å²) in [5, 5.41) is 17.6. The van der Waals surface area contributed by atoms with Gasteiger partial charge in [0.05, 0.1) is 12.8 Å². The molecule has 1 aromatic carbocycles. The lowest BCUT2D eigenvalue weighted by atomic mass is 10.0. The van der Waals surface area contributed by atoms with Gasteiger partial charge in [-0.15, -0.1) is 0 Å². The zero-order valence-electron chi connectivity index (χ0n) is 14.1. The number of aliphatic hydroxyl groups is 1. The highest BCUT2D eigenvalue weighted by molar-refractivity contribution is 6.30. The molecule has 1 unspecified atom stereocenters. The van der Waals surface area contributed by atoms with E-state index in [4.69, 9.17) is 16.0 Å². The molecule has 0 aliphatic rings. The zero-order chi connectivity index (χ0) is 17.4. The molecule has 0 radical (unpaired) electrons. The number of halogens is 1. The van der Waals surface area contributed by atoms with Gasteiger partial charge in [0.2, 0.25) is 0 Å². The highest BCUT2D eigenvalue weighted by atomic mass is 35.5. The lowest BCUT2D eigenvalue weighted by Gasteiger charge is -2.19. The molecule has 3 N–H and O–H groups in total. The summed E-state index contributed by atoms with van der Waals surface area (Å²) >= 11 is 5.99. The Morgan fingerprint density at radius 1 is 1.29 bits per heavy atom. The monoisotopic (exact) mass is 349 g/mol. The van der Waals surface area contributed by atoms with Crippen molar-refractivity contribution in [3.63, 3.8) is 0 Å². The molecular formula is C18H24ClN3O2. The van der Waals surface area contributed by atoms with Crippen LogP contribution in [0.15, 0.2) is 52.1 Å². The third-order valence-electron chi connectivity index (χ3n) is 3.54. The van der Waals surface area contributed by atoms with Crippen LogP contribution in [0.4, 0.5) is 0 Å². The molecule has 24 heavy (non-hydrogen) atoms. The average Bonchev–Trinajstić information content (AvgIpc) is 3.08. The minimum atomic E-state index is -1.14. The summed E-state index contributed by atoms with van der Waals surface area (Å²) in [6.45, 7) is 5.34. The number of benzene rings is 1. The Morgan fingerprint density at radius 2 is 2.12 bits per heavy atom. The molecule has 1 aromatic heterocycles. The SMILES string of the molecule is CCNC(=NCC(C)(O)c1ccco1)NCCc1cccc(Cl)c1. The van der Waals surface area contributed by atoms with E-state index in [0.29, 0.717) is 11.7 Å². The van der Waals surface area contributed by atoms with Crippen molar-refractivity contribution < 1.29 is 9.52 Å². The van der Waals surface area contributed by atoms with E-state index in [0.717, 1.165) is 30.1 Å². The van der Waals surface area contributed by atoms with Crippen molar-refractivity contribution in [2.24, 2.45) is 4.99 Å². The number of hydrogen-bond acceptors (Lipinski definition) is 3. The molecule has 6 heteroatoms. The zero-order valence-corrected chi connectivity index (χ0v) is 14.8. The number of nitrogens with zero attached hydrogens (tertiary/aromatic N) is 1. The molecule has 0 spiro atoms. The molecule has 0 aliphatic carbocycles. The van der Waals surface area contributed by atoms with Crippen molar-refractivity contribution in [2.75, 3.05) is 19.6 Å². The topological polar surface area (TPSA) is 69.8 Å². The lowest BCUT2D eigenvalue weighted by molar-refractivity contribution is 0.0437. The third kappa shape index (κ3) is 5.58. The number of rotatable bonds is 7. The Balaban J connectivity index is 1.91. The highest BCUT2D eigenvalue weighted by Gasteiger charge is 2.25. The Morgan fingerprint density at radius 3 is 2.79 bits per heavy atom. The van der Waals surface area contributed by atoms with Crippen molar-refractivity contribution in [1.29, 1.82) is 0 Å². The van der Waals surface area contributed by atoms with Crippen molar-refractivity contribution in [2.45, 2.75) is 25.9 Å². The third-order valence-corrected chi connectivity index (χ3v) is 3.77. The molecule has 1 atom stereocenters. The van der Waals surface area contributed by atoms with Crippen LogP contribution in [0, 0.1) is 0 Å². The van der Waals surface area contributed by atoms with Crippen molar-refractivity contribution >= 4 is 17.6 Å². The molecule has 0 saturated carbocycles. The van der Waals surface area contributed by atoms with Crippen LogP contribution < -0.4 is 10.6 Å². The predicted molar refractivity (Wildman–Crippen MR) is 97.4 cm³/mol. The fourth-order valence-corrected chi connectivity index (χ4v) is 2.47. The molecule has 0 amide bonds. The Kier molecular flexibility index (Phi) is 6.70. The van der Waals surface area contributed by atoms with Crippen LogP contribution in [0.5, 0.6) is 0 Å². The molecule has 0 fully saturated rings. The summed E-state index contributed by atoms with van der Waals surface area (Å²) in [6.07, 6.45) is 2.38. The minimum Gasteiger partial charge on any atom is -0.466 e. The van der Waals surface area contributed by atoms with Gasteiger partial charge < -0.3 is 20.2 Å². The second kappa shape index (κ2) is 8.76. The molecule has 0 bridgehead atoms. The lowest BCUT2D eigenvalue weighted by Crippen LogP contribution is -2.39. The van der Waals surface area contributed by atoms with Gasteiger partial charge in [-0.3, -0.25) is 0 Å². The fraction of sp³-hybridized carbons (Fsp3) is 0.389. The largest absolute Gasteiger partial charge is 0.466 e. The first-order valence-electron chi connectivity index (χ1n) is 8.04. The van der Waals surface area contributed by atoms with Crippen LogP contribution in [0.3, 0.4) is 0 Å². The first kappa shape index (κ1) is 18.4. The summed E-state index contributed by atoms with van der Waals surface area (Å²) < 4.78 is 5.27. The van der Waals surface area contributed by atoms with Crippen LogP contribution in [0.25, 0.3) is 0 Å². The normalized spacial score (nSPS) is 14.2. The van der Waals surface area contributed by atoms with E-state index in [1.165, 1.54) is 0 Å². The fourth-order valence-electron chi connectivity index (χ4n) is 2.26. The van der Waals surface area contributed by atoms with E-state index in [2.05, 4.69) is 15.6 Å². The number of hydrogen-bond donors (Lipinski definition) is 3. The summed E-state index contributed by atoms with van der Waals surface area (Å²) in [5.74, 6) is 1.16. The van der Waals surface area contributed by atoms with Gasteiger partial charge in [-0.1, -0.05) is 23.7 Å². The van der Waals surface area contributed by atoms with Crippen molar-refractivity contribution in [3.8, 4) is 0 Å². The van der Waals surface area contributed by atoms with Crippen LogP contribution in [0.1, 0.15) is 25.2 Å². The average molecular weight is 350 g/mol. The number of aliphatic imine (C=N–C) groups is 1. The Hall–Kier alpha value is -1.98. The quantitative estimate of drug-likeness (QED) is 0.531. The molecule has 0 aliphatic heterocycles. The Labute approximate surface area is 147 Å². The first-order chi connectivity index (χ1) is 11.5. The van der Waals surface area contributed by atoms with E-state index >= 15 is 0 Å². The van der Waals surface area contributed by atoms with Crippen LogP contribution in [-0.2, 0) is 12.0 Å². The van der Waals surface area contributed by atoms with Gasteiger partial charge in [0.1, 0.15) is 11.4 Å². The first-order valence-corrected chi connectivity index (χ1v) is 8.42. The molecule has 2 aromatic rings. The summed E-state index contributed by atoms with van der Waals surface area (Å²) in [6, 6.07) is 11.3. The molecule has 2 rings (SSSR count). The minimum absolute atomic E-state index is 0.201. The van der Waals surface area contributed by atoms with E-state index in [-0.39, 0.29) is 6.54 Å². The van der Waals surface area contributed by atoms with Crippen molar-refractivity contribution in [3.05, 3.63) is 59.0 Å². The van der Waals surface area contributed by atoms with Crippen LogP contribution in [0.2, 0.25) is 5.02 Å². The highest BCUT2D eigenvalue weighted by Crippen LogP contribution is 2.21. The maximum absolute atomic E-state index is 10.5. The van der Waals surface area contributed by atoms with Gasteiger partial charge >= 0.3 is 0 Å². The van der Waals surface area contributed by atoms with Crippen molar-refractivity contribution in [1.82, 2.24) is 10.6 Å². The van der Waals surface area contributed by atoms with E-state index in [9.17, 15) is 5.11 Å². The van der Waals surface area contributed by atoms with Crippen LogP contribution in [-0.4, -0.2) is 30.7 Å². The van der Waals surface area contributed by atoms with Gasteiger partial charge in [0.15, 0.2) is 5.96 Å². The Bertz CT molecular complexity index is 654. The molecule has 5 nitrogen and oxygen atoms in total. The van der Waals surface area contributed by atoms with Gasteiger partial charge in [-0.05, 0) is 50.1 Å². The van der Waals surface area contributed by atoms with Gasteiger partial charge in [0.25, 0.3) is 0 Å². The molecule has 0 saturated heterocycles. The number of furan rings is 1. The summed E-state index contributed by atoms with van der Waals surface area (Å²) in [5.41, 5.74) is 0.0205. The van der Waals surface area contributed by atoms with E-state index < -0.39 is 5.60 Å². The van der Waals surface area contributed by atoms with E-state index in [1.807, 2.05) is 31.2 Å². The van der Waals surface area contributed by atoms with Gasteiger partial charge in [0, 0.05) is 18.1 Å². The van der Waals surface area contributed by atoms with E-state index in [1.54, 1.807) is 25.3 Å². The van der Waals surface area contributed by atoms with Gasteiger partial charge in [-0.2, -0.15) is 0 Å². The molecular weight excluding hydrogens is 326 g/mol. The van der Waals surface area contributed by atoms with Crippen LogP contribution >= 0.6 is 11.6 Å². The smallest absolute Gasteiger partial charge is 0.191 e. The second-order valence-corrected chi connectivity index (χ2v) is 6.19. The maximum Gasteiger partial charge on any atom is 0.191 e.